The largest absolute Gasteiger partial charge is 0.508 e. The number of carbonyl (C=O) groups excluding carboxylic acids is 2. The lowest BCUT2D eigenvalue weighted by Gasteiger charge is -2.06. The molecular formula is C16H13NO4. The van der Waals surface area contributed by atoms with Crippen LogP contribution in [0.25, 0.3) is 0 Å². The summed E-state index contributed by atoms with van der Waals surface area (Å²) in [6.45, 7) is 0. The molecule has 1 heterocycles. The van der Waals surface area contributed by atoms with Gasteiger partial charge in [0.2, 0.25) is 0 Å². The van der Waals surface area contributed by atoms with Crippen molar-refractivity contribution in [3.05, 3.63) is 58.7 Å². The highest BCUT2D eigenvalue weighted by Gasteiger charge is 2.26. The van der Waals surface area contributed by atoms with Crippen LogP contribution in [0.5, 0.6) is 11.5 Å². The molecule has 0 saturated carbocycles. The maximum absolute atomic E-state index is 11.6. The van der Waals surface area contributed by atoms with Crippen LogP contribution in [0.1, 0.15) is 31.8 Å². The normalized spacial score (nSPS) is 13.1. The van der Waals surface area contributed by atoms with Gasteiger partial charge in [0, 0.05) is 0 Å². The Bertz CT molecular complexity index is 752. The quantitative estimate of drug-likeness (QED) is 0.592. The van der Waals surface area contributed by atoms with Gasteiger partial charge in [0.05, 0.1) is 11.1 Å². The van der Waals surface area contributed by atoms with Crippen molar-refractivity contribution in [2.75, 3.05) is 0 Å². The van der Waals surface area contributed by atoms with Crippen LogP contribution in [0.2, 0.25) is 0 Å². The maximum atomic E-state index is 11.6. The summed E-state index contributed by atoms with van der Waals surface area (Å²) in [4.78, 5) is 23.1. The highest BCUT2D eigenvalue weighted by Crippen LogP contribution is 2.24. The molecule has 21 heavy (non-hydrogen) atoms. The molecule has 0 unspecified atom stereocenters. The summed E-state index contributed by atoms with van der Waals surface area (Å²) >= 11 is 0. The Labute approximate surface area is 120 Å². The van der Waals surface area contributed by atoms with Gasteiger partial charge in [0.1, 0.15) is 11.5 Å². The lowest BCUT2D eigenvalue weighted by Crippen LogP contribution is -2.19. The first kappa shape index (κ1) is 13.2. The Kier molecular flexibility index (Phi) is 3.10. The number of phenolic OH excluding ortho intramolecular Hbond substituents is 2. The SMILES string of the molecule is O=C1NC(=O)c2cc(CCc3cc(O)ccc3O)ccc21. The predicted molar refractivity (Wildman–Crippen MR) is 75.4 cm³/mol. The molecule has 3 rings (SSSR count). The predicted octanol–water partition coefficient (Wildman–Crippen LogP) is 1.77. The summed E-state index contributed by atoms with van der Waals surface area (Å²) in [5.74, 6) is -0.521. The molecule has 5 heteroatoms. The van der Waals surface area contributed by atoms with Gasteiger partial charge in [-0.15, -0.1) is 0 Å². The van der Waals surface area contributed by atoms with Crippen LogP contribution >= 0.6 is 0 Å². The number of amides is 2. The highest BCUT2D eigenvalue weighted by atomic mass is 16.3. The van der Waals surface area contributed by atoms with E-state index in [2.05, 4.69) is 5.32 Å². The van der Waals surface area contributed by atoms with Crippen molar-refractivity contribution in [1.82, 2.24) is 5.32 Å². The zero-order valence-electron chi connectivity index (χ0n) is 11.1. The summed E-state index contributed by atoms with van der Waals surface area (Å²) in [6.07, 6.45) is 1.11. The number of nitrogens with one attached hydrogen (secondary N) is 1. The van der Waals surface area contributed by atoms with Gasteiger partial charge in [-0.05, 0) is 54.3 Å². The molecule has 0 bridgehead atoms. The van der Waals surface area contributed by atoms with Gasteiger partial charge < -0.3 is 10.2 Å². The van der Waals surface area contributed by atoms with E-state index in [9.17, 15) is 19.8 Å². The van der Waals surface area contributed by atoms with Crippen LogP contribution < -0.4 is 5.32 Å². The van der Waals surface area contributed by atoms with Crippen LogP contribution in [0.3, 0.4) is 0 Å². The number of hydrogen-bond acceptors (Lipinski definition) is 4. The number of phenols is 2. The highest BCUT2D eigenvalue weighted by molar-refractivity contribution is 6.21. The molecule has 0 fully saturated rings. The van der Waals surface area contributed by atoms with Crippen molar-refractivity contribution < 1.29 is 19.8 Å². The van der Waals surface area contributed by atoms with Crippen LogP contribution in [0.15, 0.2) is 36.4 Å². The molecule has 0 radical (unpaired) electrons. The maximum Gasteiger partial charge on any atom is 0.258 e. The monoisotopic (exact) mass is 283 g/mol. The standard InChI is InChI=1S/C16H13NO4/c18-11-4-6-14(19)10(8-11)3-1-9-2-5-12-13(7-9)16(21)17-15(12)20/h2,4-8,18-19H,1,3H2,(H,17,20,21). The van der Waals surface area contributed by atoms with Gasteiger partial charge in [-0.1, -0.05) is 6.07 Å². The molecule has 106 valence electrons. The topological polar surface area (TPSA) is 86.6 Å². The smallest absolute Gasteiger partial charge is 0.258 e. The number of aromatic hydroxyl groups is 2. The zero-order chi connectivity index (χ0) is 15.0. The molecule has 1 aliphatic rings. The second-order valence-electron chi connectivity index (χ2n) is 4.98. The zero-order valence-corrected chi connectivity index (χ0v) is 11.1. The number of benzene rings is 2. The lowest BCUT2D eigenvalue weighted by molar-refractivity contribution is 0.0879. The average molecular weight is 283 g/mol. The first-order valence-corrected chi connectivity index (χ1v) is 6.54. The van der Waals surface area contributed by atoms with Crippen molar-refractivity contribution >= 4 is 11.8 Å². The molecule has 2 amide bonds. The van der Waals surface area contributed by atoms with E-state index < -0.39 is 0 Å². The van der Waals surface area contributed by atoms with Crippen LogP contribution in [-0.4, -0.2) is 22.0 Å². The van der Waals surface area contributed by atoms with Gasteiger partial charge in [-0.2, -0.15) is 0 Å². The molecule has 0 spiro atoms. The fourth-order valence-electron chi connectivity index (χ4n) is 2.42. The van der Waals surface area contributed by atoms with Crippen molar-refractivity contribution in [3.8, 4) is 11.5 Å². The average Bonchev–Trinajstić information content (AvgIpc) is 2.75. The fourth-order valence-corrected chi connectivity index (χ4v) is 2.42. The first-order chi connectivity index (χ1) is 10.0. The molecule has 0 aliphatic carbocycles. The van der Waals surface area contributed by atoms with E-state index in [4.69, 9.17) is 0 Å². The molecule has 2 aromatic carbocycles. The number of carbonyl (C=O) groups is 2. The van der Waals surface area contributed by atoms with E-state index in [1.807, 2.05) is 0 Å². The van der Waals surface area contributed by atoms with Gasteiger partial charge in [-0.25, -0.2) is 0 Å². The second-order valence-corrected chi connectivity index (χ2v) is 4.98. The summed E-state index contributed by atoms with van der Waals surface area (Å²) in [5, 5.41) is 21.4. The minimum Gasteiger partial charge on any atom is -0.508 e. The van der Waals surface area contributed by atoms with Crippen molar-refractivity contribution in [3.63, 3.8) is 0 Å². The van der Waals surface area contributed by atoms with E-state index in [1.54, 1.807) is 18.2 Å². The minimum atomic E-state index is -0.378. The second kappa shape index (κ2) is 4.94. The van der Waals surface area contributed by atoms with Crippen molar-refractivity contribution in [2.45, 2.75) is 12.8 Å². The first-order valence-electron chi connectivity index (χ1n) is 6.54. The third-order valence-electron chi connectivity index (χ3n) is 3.55. The molecule has 0 atom stereocenters. The van der Waals surface area contributed by atoms with Gasteiger partial charge >= 0.3 is 0 Å². The molecule has 1 aliphatic heterocycles. The Hall–Kier alpha value is -2.82. The number of hydrogen-bond donors (Lipinski definition) is 3. The van der Waals surface area contributed by atoms with Crippen molar-refractivity contribution in [1.29, 1.82) is 0 Å². The van der Waals surface area contributed by atoms with E-state index in [1.165, 1.54) is 18.2 Å². The number of rotatable bonds is 3. The van der Waals surface area contributed by atoms with Gasteiger partial charge in [0.15, 0.2) is 0 Å². The summed E-state index contributed by atoms with van der Waals surface area (Å²) < 4.78 is 0. The molecule has 3 N–H and O–H groups in total. The van der Waals surface area contributed by atoms with Crippen LogP contribution in [0.4, 0.5) is 0 Å². The molecule has 2 aromatic rings. The van der Waals surface area contributed by atoms with E-state index >= 15 is 0 Å². The molecule has 0 aromatic heterocycles. The Balaban J connectivity index is 1.80. The molecule has 0 saturated heterocycles. The van der Waals surface area contributed by atoms with E-state index in [0.717, 1.165) is 5.56 Å². The Morgan fingerprint density at radius 1 is 0.857 bits per heavy atom. The number of aryl methyl sites for hydroxylation is 2. The number of imide groups is 1. The summed E-state index contributed by atoms with van der Waals surface area (Å²) in [6, 6.07) is 9.49. The Morgan fingerprint density at radius 2 is 1.62 bits per heavy atom. The minimum absolute atomic E-state index is 0.0988. The van der Waals surface area contributed by atoms with Gasteiger partial charge in [0.25, 0.3) is 11.8 Å². The number of fused-ring (bicyclic) bond motifs is 1. The third kappa shape index (κ3) is 2.45. The van der Waals surface area contributed by atoms with Crippen LogP contribution in [0, 0.1) is 0 Å². The van der Waals surface area contributed by atoms with Crippen molar-refractivity contribution in [2.24, 2.45) is 0 Å². The van der Waals surface area contributed by atoms with E-state index in [0.29, 0.717) is 29.5 Å². The lowest BCUT2D eigenvalue weighted by atomic mass is 9.99. The molecular weight excluding hydrogens is 270 g/mol. The summed E-state index contributed by atoms with van der Waals surface area (Å²) in [7, 11) is 0. The van der Waals surface area contributed by atoms with Crippen LogP contribution in [-0.2, 0) is 12.8 Å². The van der Waals surface area contributed by atoms with Gasteiger partial charge in [-0.3, -0.25) is 14.9 Å². The molecule has 5 nitrogen and oxygen atoms in total. The fraction of sp³-hybridized carbons (Fsp3) is 0.125. The Morgan fingerprint density at radius 3 is 2.43 bits per heavy atom. The third-order valence-corrected chi connectivity index (χ3v) is 3.55. The van der Waals surface area contributed by atoms with E-state index in [-0.39, 0.29) is 23.3 Å². The summed E-state index contributed by atoms with van der Waals surface area (Å²) in [5.41, 5.74) is 2.30.